The fourth-order valence-corrected chi connectivity index (χ4v) is 16.7. The fourth-order valence-electron chi connectivity index (χ4n) is 6.25. The van der Waals surface area contributed by atoms with E-state index in [9.17, 15) is 0 Å². The van der Waals surface area contributed by atoms with E-state index in [4.69, 9.17) is 0 Å². The van der Waals surface area contributed by atoms with Gasteiger partial charge >= 0.3 is 0 Å². The van der Waals surface area contributed by atoms with Crippen LogP contribution in [0.1, 0.15) is 114 Å². The summed E-state index contributed by atoms with van der Waals surface area (Å²) in [7, 11) is -4.15. The molecule has 0 bridgehead atoms. The summed E-state index contributed by atoms with van der Waals surface area (Å²) < 4.78 is 0. The highest BCUT2D eigenvalue weighted by atomic mass is 28.3. The van der Waals surface area contributed by atoms with E-state index in [2.05, 4.69) is 93.2 Å². The maximum Gasteiger partial charge on any atom is 0.0858 e. The predicted octanol–water partition coefficient (Wildman–Crippen LogP) is 12.3. The highest BCUT2D eigenvalue weighted by Crippen LogP contribution is 2.36. The van der Waals surface area contributed by atoms with E-state index in [0.717, 1.165) is 0 Å². The van der Waals surface area contributed by atoms with Crippen molar-refractivity contribution in [2.75, 3.05) is 0 Å². The van der Waals surface area contributed by atoms with Gasteiger partial charge in [0.2, 0.25) is 0 Å². The van der Waals surface area contributed by atoms with Gasteiger partial charge in [-0.3, -0.25) is 0 Å². The van der Waals surface area contributed by atoms with Crippen LogP contribution in [0.5, 0.6) is 0 Å². The van der Waals surface area contributed by atoms with Crippen LogP contribution < -0.4 is 0 Å². The topological polar surface area (TPSA) is 0 Å². The first-order valence-corrected chi connectivity index (χ1v) is 23.9. The van der Waals surface area contributed by atoms with Crippen LogP contribution in [-0.4, -0.2) is 24.2 Å². The average molecular weight is 535 g/mol. The zero-order valence-electron chi connectivity index (χ0n) is 26.1. The predicted molar refractivity (Wildman–Crippen MR) is 175 cm³/mol. The first-order chi connectivity index (χ1) is 16.8. The van der Waals surface area contributed by atoms with Gasteiger partial charge in [-0.1, -0.05) is 190 Å². The first-order valence-electron chi connectivity index (χ1n) is 15.9. The summed E-state index contributed by atoms with van der Waals surface area (Å²) in [5.74, 6) is 0. The standard InChI is InChI=1S/C32H66Si3/c1-11-21-22-23-24-25-26-27-31(34(15-5,16-6)17-7)30-32(35(18-8,19-9)20-10)28-29-33(12-2,13-3)14-4/h27-30H,11-26H2,1-10H3/b29-28+,31-27-,32-30-. The molecule has 0 saturated heterocycles. The summed E-state index contributed by atoms with van der Waals surface area (Å²) in [6.45, 7) is 24.6. The molecule has 0 aromatic heterocycles. The summed E-state index contributed by atoms with van der Waals surface area (Å²) in [6.07, 6.45) is 18.0. The normalized spacial score (nSPS) is 14.3. The van der Waals surface area contributed by atoms with Gasteiger partial charge in [-0.05, 0) is 12.8 Å². The van der Waals surface area contributed by atoms with Gasteiger partial charge in [-0.15, -0.1) is 0 Å². The van der Waals surface area contributed by atoms with Crippen LogP contribution in [0.2, 0.25) is 54.4 Å². The molecule has 0 spiro atoms. The number of rotatable bonds is 21. The van der Waals surface area contributed by atoms with E-state index in [1.165, 1.54) is 99.3 Å². The molecule has 0 aliphatic carbocycles. The summed E-state index contributed by atoms with van der Waals surface area (Å²) in [5.41, 5.74) is 2.79. The van der Waals surface area contributed by atoms with E-state index in [1.807, 2.05) is 5.20 Å². The van der Waals surface area contributed by atoms with Gasteiger partial charge in [0.15, 0.2) is 0 Å². The Morgan fingerprint density at radius 2 is 0.914 bits per heavy atom. The van der Waals surface area contributed by atoms with Crippen molar-refractivity contribution < 1.29 is 0 Å². The average Bonchev–Trinajstić information content (AvgIpc) is 2.91. The molecule has 0 N–H and O–H groups in total. The molecule has 0 aliphatic heterocycles. The fraction of sp³-hybridized carbons (Fsp3) is 0.812. The Bertz CT molecular complexity index is 592. The molecular formula is C32H66Si3. The molecule has 0 rings (SSSR count). The van der Waals surface area contributed by atoms with Gasteiger partial charge < -0.3 is 0 Å². The van der Waals surface area contributed by atoms with Gasteiger partial charge in [0.25, 0.3) is 0 Å². The third kappa shape index (κ3) is 10.3. The number of unbranched alkanes of at least 4 members (excludes halogenated alkanes) is 6. The minimum atomic E-state index is -1.46. The molecule has 0 unspecified atom stereocenters. The molecular weight excluding hydrogens is 469 g/mol. The van der Waals surface area contributed by atoms with E-state index in [0.29, 0.717) is 0 Å². The maximum atomic E-state index is 2.83. The van der Waals surface area contributed by atoms with Crippen LogP contribution in [-0.2, 0) is 0 Å². The van der Waals surface area contributed by atoms with Crippen molar-refractivity contribution in [3.63, 3.8) is 0 Å². The highest BCUT2D eigenvalue weighted by Gasteiger charge is 2.35. The summed E-state index contributed by atoms with van der Waals surface area (Å²) in [6, 6.07) is 12.5. The maximum absolute atomic E-state index is 2.83. The van der Waals surface area contributed by atoms with Crippen molar-refractivity contribution in [3.8, 4) is 0 Å². The highest BCUT2D eigenvalue weighted by molar-refractivity contribution is 6.89. The van der Waals surface area contributed by atoms with Crippen LogP contribution in [0, 0.1) is 0 Å². The lowest BCUT2D eigenvalue weighted by Crippen LogP contribution is -2.38. The Morgan fingerprint density at radius 3 is 1.34 bits per heavy atom. The molecule has 0 atom stereocenters. The molecule has 0 heterocycles. The van der Waals surface area contributed by atoms with Crippen LogP contribution >= 0.6 is 0 Å². The van der Waals surface area contributed by atoms with Gasteiger partial charge in [0.05, 0.1) is 24.2 Å². The third-order valence-corrected chi connectivity index (χ3v) is 26.6. The summed E-state index contributed by atoms with van der Waals surface area (Å²) >= 11 is 0. The largest absolute Gasteiger partial charge is 0.0943 e. The lowest BCUT2D eigenvalue weighted by atomic mass is 10.1. The van der Waals surface area contributed by atoms with Crippen molar-refractivity contribution in [2.45, 2.75) is 169 Å². The Labute approximate surface area is 226 Å². The summed E-state index contributed by atoms with van der Waals surface area (Å²) in [5, 5.41) is 3.63. The van der Waals surface area contributed by atoms with Crippen LogP contribution in [0.15, 0.2) is 34.3 Å². The molecule has 0 nitrogen and oxygen atoms in total. The van der Waals surface area contributed by atoms with Crippen molar-refractivity contribution in [3.05, 3.63) is 34.3 Å². The van der Waals surface area contributed by atoms with E-state index >= 15 is 0 Å². The third-order valence-electron chi connectivity index (χ3n) is 10.2. The minimum absolute atomic E-state index is 1.27. The van der Waals surface area contributed by atoms with Crippen molar-refractivity contribution in [1.29, 1.82) is 0 Å². The second-order valence-corrected chi connectivity index (χ2v) is 27.0. The number of hydrogen-bond acceptors (Lipinski definition) is 0. The quantitative estimate of drug-likeness (QED) is 0.0780. The van der Waals surface area contributed by atoms with Crippen LogP contribution in [0.4, 0.5) is 0 Å². The smallest absolute Gasteiger partial charge is 0.0858 e. The molecule has 0 radical (unpaired) electrons. The SMILES string of the molecule is CCCCCCCC/C=C(/C=C(/C=C/[Si](CC)(CC)CC)[Si](CC)(CC)CC)[Si](CC)(CC)CC. The number of allylic oxidation sites excluding steroid dienone is 5. The van der Waals surface area contributed by atoms with Crippen LogP contribution in [0.25, 0.3) is 0 Å². The molecule has 0 aromatic carbocycles. The van der Waals surface area contributed by atoms with Gasteiger partial charge in [-0.25, -0.2) is 0 Å². The van der Waals surface area contributed by atoms with Crippen LogP contribution in [0.3, 0.4) is 0 Å². The molecule has 3 heteroatoms. The molecule has 0 amide bonds. The second-order valence-electron chi connectivity index (χ2n) is 11.3. The molecule has 0 aromatic rings. The Morgan fingerprint density at radius 1 is 0.486 bits per heavy atom. The zero-order valence-corrected chi connectivity index (χ0v) is 29.1. The van der Waals surface area contributed by atoms with Crippen molar-refractivity contribution in [2.24, 2.45) is 0 Å². The minimum Gasteiger partial charge on any atom is -0.0943 e. The second kappa shape index (κ2) is 19.0. The van der Waals surface area contributed by atoms with Crippen molar-refractivity contribution in [1.82, 2.24) is 0 Å². The molecule has 206 valence electrons. The van der Waals surface area contributed by atoms with Gasteiger partial charge in [0, 0.05) is 0 Å². The first kappa shape index (κ1) is 34.9. The summed E-state index contributed by atoms with van der Waals surface area (Å²) in [4.78, 5) is 0. The monoisotopic (exact) mass is 534 g/mol. The zero-order chi connectivity index (χ0) is 26.8. The Hall–Kier alpha value is -0.129. The molecule has 0 aliphatic rings. The van der Waals surface area contributed by atoms with Crippen molar-refractivity contribution >= 4 is 24.2 Å². The lowest BCUT2D eigenvalue weighted by molar-refractivity contribution is 0.611. The van der Waals surface area contributed by atoms with Gasteiger partial charge in [0.1, 0.15) is 0 Å². The Balaban J connectivity index is 6.53. The molecule has 0 saturated carbocycles. The Kier molecular flexibility index (Phi) is 18.9. The molecule has 0 fully saturated rings. The number of hydrogen-bond donors (Lipinski definition) is 0. The van der Waals surface area contributed by atoms with E-state index in [1.54, 1.807) is 5.20 Å². The molecule has 35 heavy (non-hydrogen) atoms. The van der Waals surface area contributed by atoms with E-state index < -0.39 is 24.2 Å². The van der Waals surface area contributed by atoms with E-state index in [-0.39, 0.29) is 0 Å². The lowest BCUT2D eigenvalue weighted by Gasteiger charge is -2.35. The van der Waals surface area contributed by atoms with Gasteiger partial charge in [-0.2, -0.15) is 0 Å².